The molecule has 1 fully saturated rings. The number of halogens is 3. The highest BCUT2D eigenvalue weighted by molar-refractivity contribution is 6.03. The Morgan fingerprint density at radius 2 is 1.96 bits per heavy atom. The molecule has 2 heterocycles. The second-order valence-electron chi connectivity index (χ2n) is 6.02. The van der Waals surface area contributed by atoms with E-state index in [4.69, 9.17) is 0 Å². The predicted octanol–water partition coefficient (Wildman–Crippen LogP) is 3.01. The molecule has 9 heteroatoms. The number of anilines is 2. The number of carbonyl (C=O) groups is 2. The van der Waals surface area contributed by atoms with Gasteiger partial charge < -0.3 is 15.0 Å². The minimum atomic E-state index is -4.45. The number of alkyl halides is 3. The van der Waals surface area contributed by atoms with E-state index in [1.54, 1.807) is 17.0 Å². The van der Waals surface area contributed by atoms with Gasteiger partial charge in [-0.3, -0.25) is 9.59 Å². The molecule has 1 unspecified atom stereocenters. The van der Waals surface area contributed by atoms with Crippen molar-refractivity contribution in [2.75, 3.05) is 23.4 Å². The molecule has 142 valence electrons. The zero-order chi connectivity index (χ0) is 19.4. The first-order valence-electron chi connectivity index (χ1n) is 8.14. The van der Waals surface area contributed by atoms with Gasteiger partial charge in [-0.1, -0.05) is 18.2 Å². The summed E-state index contributed by atoms with van der Waals surface area (Å²) in [6.45, 7) is -1.18. The van der Waals surface area contributed by atoms with Crippen molar-refractivity contribution in [2.24, 2.45) is 5.92 Å². The maximum absolute atomic E-state index is 12.4. The van der Waals surface area contributed by atoms with E-state index >= 15 is 0 Å². The molecule has 1 aliphatic rings. The first kappa shape index (κ1) is 18.7. The summed E-state index contributed by atoms with van der Waals surface area (Å²) in [6, 6.07) is 11.7. The maximum Gasteiger partial charge on any atom is 0.422 e. The molecule has 1 aliphatic heterocycles. The van der Waals surface area contributed by atoms with Gasteiger partial charge in [0.15, 0.2) is 6.61 Å². The van der Waals surface area contributed by atoms with Gasteiger partial charge in [0.25, 0.3) is 0 Å². The van der Waals surface area contributed by atoms with Crippen LogP contribution in [0.15, 0.2) is 48.7 Å². The van der Waals surface area contributed by atoms with Crippen LogP contribution in [0, 0.1) is 5.92 Å². The molecule has 2 amide bonds. The number of hydrogen-bond acceptors (Lipinski definition) is 4. The Hall–Kier alpha value is -3.10. The summed E-state index contributed by atoms with van der Waals surface area (Å²) >= 11 is 0. The van der Waals surface area contributed by atoms with Crippen LogP contribution in [0.3, 0.4) is 0 Å². The maximum atomic E-state index is 12.4. The van der Waals surface area contributed by atoms with Gasteiger partial charge in [-0.15, -0.1) is 0 Å². The summed E-state index contributed by atoms with van der Waals surface area (Å²) in [4.78, 5) is 29.8. The predicted molar refractivity (Wildman–Crippen MR) is 91.3 cm³/mol. The Bertz CT molecular complexity index is 810. The number of benzene rings is 1. The summed E-state index contributed by atoms with van der Waals surface area (Å²) in [5.41, 5.74) is 1.04. The molecule has 1 aromatic carbocycles. The molecule has 1 saturated heterocycles. The number of nitrogens with zero attached hydrogens (tertiary/aromatic N) is 2. The number of carbonyl (C=O) groups excluding carboxylic acids is 2. The minimum Gasteiger partial charge on any atom is -0.468 e. The smallest absolute Gasteiger partial charge is 0.422 e. The third kappa shape index (κ3) is 4.96. The Kier molecular flexibility index (Phi) is 5.29. The van der Waals surface area contributed by atoms with E-state index < -0.39 is 18.7 Å². The van der Waals surface area contributed by atoms with Crippen molar-refractivity contribution in [2.45, 2.75) is 12.6 Å². The van der Waals surface area contributed by atoms with Crippen molar-refractivity contribution >= 4 is 23.2 Å². The molecule has 1 N–H and O–H groups in total. The Labute approximate surface area is 152 Å². The van der Waals surface area contributed by atoms with Crippen molar-refractivity contribution in [1.82, 2.24) is 4.98 Å². The molecule has 2 aromatic rings. The molecular formula is C18H16F3N3O3. The van der Waals surface area contributed by atoms with Crippen LogP contribution in [0.1, 0.15) is 6.42 Å². The van der Waals surface area contributed by atoms with Gasteiger partial charge in [0.1, 0.15) is 0 Å². The van der Waals surface area contributed by atoms with Crippen LogP contribution in [-0.2, 0) is 9.59 Å². The van der Waals surface area contributed by atoms with Gasteiger partial charge in [0.2, 0.25) is 17.7 Å². The van der Waals surface area contributed by atoms with Crippen molar-refractivity contribution in [3.63, 3.8) is 0 Å². The lowest BCUT2D eigenvalue weighted by Gasteiger charge is -2.16. The fraction of sp³-hybridized carbons (Fsp3) is 0.278. The standard InChI is InChI=1S/C18H16F3N3O3/c19-18(20,21)11-27-15-7-6-13(9-22-15)23-17(26)12-8-16(25)24(10-12)14-4-2-1-3-5-14/h1-7,9,12H,8,10-11H2,(H,23,26). The number of para-hydroxylation sites is 1. The van der Waals surface area contributed by atoms with E-state index in [0.29, 0.717) is 5.69 Å². The number of ether oxygens (including phenoxy) is 1. The minimum absolute atomic E-state index is 0.0843. The average molecular weight is 379 g/mol. The summed E-state index contributed by atoms with van der Waals surface area (Å²) in [7, 11) is 0. The lowest BCUT2D eigenvalue weighted by Crippen LogP contribution is -2.28. The second-order valence-corrected chi connectivity index (χ2v) is 6.02. The molecule has 27 heavy (non-hydrogen) atoms. The van der Waals surface area contributed by atoms with Crippen LogP contribution < -0.4 is 15.0 Å². The average Bonchev–Trinajstić information content (AvgIpc) is 3.03. The monoisotopic (exact) mass is 379 g/mol. The number of amides is 2. The third-order valence-electron chi connectivity index (χ3n) is 3.95. The number of rotatable bonds is 5. The van der Waals surface area contributed by atoms with Crippen LogP contribution in [0.25, 0.3) is 0 Å². The molecule has 0 spiro atoms. The van der Waals surface area contributed by atoms with E-state index in [-0.39, 0.29) is 30.7 Å². The normalized spacial score (nSPS) is 17.1. The summed E-state index contributed by atoms with van der Waals surface area (Å²) in [6.07, 6.45) is -3.16. The van der Waals surface area contributed by atoms with Crippen LogP contribution in [0.4, 0.5) is 24.5 Å². The van der Waals surface area contributed by atoms with Crippen LogP contribution in [0.5, 0.6) is 5.88 Å². The van der Waals surface area contributed by atoms with Crippen molar-refractivity contribution in [3.8, 4) is 5.88 Å². The number of nitrogens with one attached hydrogen (secondary N) is 1. The zero-order valence-electron chi connectivity index (χ0n) is 14.1. The van der Waals surface area contributed by atoms with Gasteiger partial charge in [-0.2, -0.15) is 13.2 Å². The fourth-order valence-corrected chi connectivity index (χ4v) is 2.68. The largest absolute Gasteiger partial charge is 0.468 e. The van der Waals surface area contributed by atoms with E-state index in [0.717, 1.165) is 5.69 Å². The molecule has 0 saturated carbocycles. The van der Waals surface area contributed by atoms with Gasteiger partial charge in [-0.25, -0.2) is 4.98 Å². The lowest BCUT2D eigenvalue weighted by atomic mass is 10.1. The second kappa shape index (κ2) is 7.65. The van der Waals surface area contributed by atoms with Crippen LogP contribution in [0.2, 0.25) is 0 Å². The summed E-state index contributed by atoms with van der Waals surface area (Å²) in [5, 5.41) is 2.62. The van der Waals surface area contributed by atoms with Crippen LogP contribution >= 0.6 is 0 Å². The lowest BCUT2D eigenvalue weighted by molar-refractivity contribution is -0.154. The number of pyridine rings is 1. The summed E-state index contributed by atoms with van der Waals surface area (Å²) < 4.78 is 40.8. The van der Waals surface area contributed by atoms with Gasteiger partial charge in [0.05, 0.1) is 17.8 Å². The van der Waals surface area contributed by atoms with Gasteiger partial charge in [0, 0.05) is 24.7 Å². The molecule has 1 aromatic heterocycles. The SMILES string of the molecule is O=C(Nc1ccc(OCC(F)(F)F)nc1)C1CC(=O)N(c2ccccc2)C1. The van der Waals surface area contributed by atoms with Gasteiger partial charge >= 0.3 is 6.18 Å². The Balaban J connectivity index is 1.57. The quantitative estimate of drug-likeness (QED) is 0.867. The Morgan fingerprint density at radius 3 is 2.59 bits per heavy atom. The highest BCUT2D eigenvalue weighted by atomic mass is 19.4. The topological polar surface area (TPSA) is 71.5 Å². The van der Waals surface area contributed by atoms with E-state index in [1.807, 2.05) is 18.2 Å². The zero-order valence-corrected chi connectivity index (χ0v) is 14.1. The van der Waals surface area contributed by atoms with Gasteiger partial charge in [-0.05, 0) is 18.2 Å². The molecule has 0 bridgehead atoms. The number of hydrogen-bond donors (Lipinski definition) is 1. The molecule has 3 rings (SSSR count). The summed E-state index contributed by atoms with van der Waals surface area (Å²) in [5.74, 6) is -1.22. The molecule has 0 radical (unpaired) electrons. The van der Waals surface area contributed by atoms with E-state index in [9.17, 15) is 22.8 Å². The fourth-order valence-electron chi connectivity index (χ4n) is 2.68. The third-order valence-corrected chi connectivity index (χ3v) is 3.95. The highest BCUT2D eigenvalue weighted by Gasteiger charge is 2.35. The van der Waals surface area contributed by atoms with E-state index in [1.165, 1.54) is 18.3 Å². The van der Waals surface area contributed by atoms with Crippen molar-refractivity contribution in [3.05, 3.63) is 48.7 Å². The first-order chi connectivity index (χ1) is 12.8. The first-order valence-corrected chi connectivity index (χ1v) is 8.14. The van der Waals surface area contributed by atoms with E-state index in [2.05, 4.69) is 15.0 Å². The van der Waals surface area contributed by atoms with Crippen LogP contribution in [-0.4, -0.2) is 36.1 Å². The molecule has 6 nitrogen and oxygen atoms in total. The molecular weight excluding hydrogens is 363 g/mol. The highest BCUT2D eigenvalue weighted by Crippen LogP contribution is 2.26. The molecule has 1 atom stereocenters. The van der Waals surface area contributed by atoms with Crippen molar-refractivity contribution < 1.29 is 27.5 Å². The number of aromatic nitrogens is 1. The molecule has 0 aliphatic carbocycles. The van der Waals surface area contributed by atoms with Crippen molar-refractivity contribution in [1.29, 1.82) is 0 Å². The Morgan fingerprint density at radius 1 is 1.22 bits per heavy atom.